The molecular weight excluding hydrogens is 160 g/mol. The van der Waals surface area contributed by atoms with E-state index >= 15 is 0 Å². The molecule has 0 aromatic rings. The van der Waals surface area contributed by atoms with Crippen LogP contribution in [0.3, 0.4) is 0 Å². The van der Waals surface area contributed by atoms with Crippen LogP contribution in [0.4, 0.5) is 0 Å². The normalized spacial score (nSPS) is 9.69. The number of unbranched alkanes of at least 4 members (excludes halogenated alkanes) is 4. The number of rotatable bonds is 8. The van der Waals surface area contributed by atoms with Crippen LogP contribution in [0.15, 0.2) is 0 Å². The molecule has 0 atom stereocenters. The van der Waals surface area contributed by atoms with Crippen molar-refractivity contribution in [2.45, 2.75) is 65.2 Å². The van der Waals surface area contributed by atoms with Gasteiger partial charge in [-0.3, -0.25) is 0 Å². The van der Waals surface area contributed by atoms with Gasteiger partial charge in [-0.05, 0) is 12.8 Å². The molecule has 2 nitrogen and oxygen atoms in total. The summed E-state index contributed by atoms with van der Waals surface area (Å²) in [5, 5.41) is 0. The summed E-state index contributed by atoms with van der Waals surface area (Å²) < 4.78 is 0. The van der Waals surface area contributed by atoms with E-state index in [0.29, 0.717) is 0 Å². The number of nitrogens with zero attached hydrogens (tertiary/aromatic N) is 2. The lowest BCUT2D eigenvalue weighted by Gasteiger charge is -1.96. The average molecular weight is 182 g/mol. The minimum Gasteiger partial charge on any atom is -0.362 e. The molecule has 0 amide bonds. The molecule has 13 heavy (non-hydrogen) atoms. The highest BCUT2D eigenvalue weighted by molar-refractivity contribution is 5.78. The summed E-state index contributed by atoms with van der Waals surface area (Å²) in [4.78, 5) is 3.35. The number of hydrogen-bond acceptors (Lipinski definition) is 0. The lowest BCUT2D eigenvalue weighted by molar-refractivity contribution is -0.0117. The molecule has 0 saturated carbocycles. The maximum Gasteiger partial charge on any atom is 0.268 e. The third kappa shape index (κ3) is 7.73. The van der Waals surface area contributed by atoms with E-state index in [2.05, 4.69) is 18.6 Å². The molecule has 0 aliphatic rings. The topological polar surface area (TPSA) is 36.4 Å². The van der Waals surface area contributed by atoms with Crippen LogP contribution in [0.5, 0.6) is 0 Å². The van der Waals surface area contributed by atoms with Crippen molar-refractivity contribution in [2.24, 2.45) is 0 Å². The fourth-order valence-electron chi connectivity index (χ4n) is 1.38. The lowest BCUT2D eigenvalue weighted by atomic mass is 10.1. The predicted molar refractivity (Wildman–Crippen MR) is 56.9 cm³/mol. The van der Waals surface area contributed by atoms with Gasteiger partial charge in [-0.25, -0.2) is 0 Å². The first-order valence-corrected chi connectivity index (χ1v) is 5.54. The van der Waals surface area contributed by atoms with Gasteiger partial charge in [0.2, 0.25) is 0 Å². The molecule has 0 saturated heterocycles. The van der Waals surface area contributed by atoms with Crippen molar-refractivity contribution < 1.29 is 4.79 Å². The molecule has 0 heterocycles. The molecule has 0 bridgehead atoms. The molecule has 0 aromatic carbocycles. The second-order valence-corrected chi connectivity index (χ2v) is 3.58. The van der Waals surface area contributed by atoms with Crippen molar-refractivity contribution in [1.29, 1.82) is 0 Å². The molecule has 0 N–H and O–H groups in total. The third-order valence-electron chi connectivity index (χ3n) is 2.28. The van der Waals surface area contributed by atoms with Crippen LogP contribution in [0.1, 0.15) is 65.2 Å². The Bertz CT molecular complexity index is 145. The zero-order chi connectivity index (χ0) is 9.94. The average Bonchev–Trinajstić information content (AvgIpc) is 2.16. The smallest absolute Gasteiger partial charge is 0.268 e. The first-order valence-electron chi connectivity index (χ1n) is 5.54. The Labute approximate surface area is 82.0 Å². The minimum absolute atomic E-state index is 0.980. The SMILES string of the molecule is CCCCCC(CCCCC)=[N+]=[N-]. The van der Waals surface area contributed by atoms with Gasteiger partial charge in [0.1, 0.15) is 0 Å². The molecule has 0 fully saturated rings. The lowest BCUT2D eigenvalue weighted by Crippen LogP contribution is -1.99. The second-order valence-electron chi connectivity index (χ2n) is 3.58. The van der Waals surface area contributed by atoms with Gasteiger partial charge in [0.25, 0.3) is 5.71 Å². The zero-order valence-electron chi connectivity index (χ0n) is 9.05. The Balaban J connectivity index is 3.47. The first-order chi connectivity index (χ1) is 6.35. The Hall–Kier alpha value is -0.620. The third-order valence-corrected chi connectivity index (χ3v) is 2.28. The number of hydrogen-bond donors (Lipinski definition) is 0. The summed E-state index contributed by atoms with van der Waals surface area (Å²) >= 11 is 0. The highest BCUT2D eigenvalue weighted by atomic mass is 14.9. The van der Waals surface area contributed by atoms with Crippen LogP contribution >= 0.6 is 0 Å². The van der Waals surface area contributed by atoms with E-state index in [-0.39, 0.29) is 0 Å². The predicted octanol–water partition coefficient (Wildman–Crippen LogP) is 3.82. The Morgan fingerprint density at radius 1 is 0.923 bits per heavy atom. The molecule has 0 spiro atoms. The Morgan fingerprint density at radius 3 is 1.69 bits per heavy atom. The van der Waals surface area contributed by atoms with Crippen molar-refractivity contribution in [3.63, 3.8) is 0 Å². The van der Waals surface area contributed by atoms with Crippen LogP contribution in [0, 0.1) is 0 Å². The fraction of sp³-hybridized carbons (Fsp3) is 0.909. The van der Waals surface area contributed by atoms with Crippen LogP contribution in [-0.4, -0.2) is 10.5 Å². The van der Waals surface area contributed by atoms with Gasteiger partial charge >= 0.3 is 0 Å². The van der Waals surface area contributed by atoms with Crippen LogP contribution in [-0.2, 0) is 0 Å². The van der Waals surface area contributed by atoms with E-state index in [1.807, 2.05) is 0 Å². The Morgan fingerprint density at radius 2 is 1.38 bits per heavy atom. The maximum atomic E-state index is 8.71. The van der Waals surface area contributed by atoms with Gasteiger partial charge in [0.15, 0.2) is 0 Å². The molecule has 0 aromatic heterocycles. The van der Waals surface area contributed by atoms with E-state index in [0.717, 1.165) is 18.6 Å². The highest BCUT2D eigenvalue weighted by Crippen LogP contribution is 2.06. The summed E-state index contributed by atoms with van der Waals surface area (Å²) in [6.45, 7) is 4.37. The largest absolute Gasteiger partial charge is 0.362 e. The quantitative estimate of drug-likeness (QED) is 0.237. The molecule has 0 unspecified atom stereocenters. The van der Waals surface area contributed by atoms with E-state index < -0.39 is 0 Å². The van der Waals surface area contributed by atoms with Crippen molar-refractivity contribution in [3.8, 4) is 0 Å². The standard InChI is InChI=1S/C11H22N2/c1-3-5-7-9-11(13-12)10-8-6-4-2/h3-10H2,1-2H3. The summed E-state index contributed by atoms with van der Waals surface area (Å²) in [6.07, 6.45) is 9.24. The maximum absolute atomic E-state index is 8.71. The van der Waals surface area contributed by atoms with E-state index in [4.69, 9.17) is 5.53 Å². The molecule has 0 aliphatic carbocycles. The van der Waals surface area contributed by atoms with Gasteiger partial charge in [-0.15, -0.1) is 0 Å². The molecule has 0 aliphatic heterocycles. The monoisotopic (exact) mass is 182 g/mol. The molecule has 0 rings (SSSR count). The fourth-order valence-corrected chi connectivity index (χ4v) is 1.38. The molecule has 2 heteroatoms. The van der Waals surface area contributed by atoms with E-state index in [1.165, 1.54) is 38.5 Å². The van der Waals surface area contributed by atoms with E-state index in [1.54, 1.807) is 0 Å². The zero-order valence-corrected chi connectivity index (χ0v) is 9.05. The molecule has 0 radical (unpaired) electrons. The second kappa shape index (κ2) is 9.47. The minimum atomic E-state index is 0.980. The van der Waals surface area contributed by atoms with Gasteiger partial charge in [-0.1, -0.05) is 39.5 Å². The summed E-state index contributed by atoms with van der Waals surface area (Å²) in [5.41, 5.74) is 9.70. The van der Waals surface area contributed by atoms with Gasteiger partial charge in [0.05, 0.1) is 0 Å². The summed E-state index contributed by atoms with van der Waals surface area (Å²) in [6, 6.07) is 0. The summed E-state index contributed by atoms with van der Waals surface area (Å²) in [5.74, 6) is 0. The van der Waals surface area contributed by atoms with Crippen LogP contribution in [0.2, 0.25) is 0 Å². The van der Waals surface area contributed by atoms with Gasteiger partial charge < -0.3 is 5.53 Å². The van der Waals surface area contributed by atoms with Crippen molar-refractivity contribution in [2.75, 3.05) is 0 Å². The van der Waals surface area contributed by atoms with Crippen LogP contribution in [0.25, 0.3) is 5.53 Å². The van der Waals surface area contributed by atoms with Crippen molar-refractivity contribution in [1.82, 2.24) is 0 Å². The molecule has 76 valence electrons. The van der Waals surface area contributed by atoms with Gasteiger partial charge in [-0.2, -0.15) is 4.79 Å². The van der Waals surface area contributed by atoms with Crippen LogP contribution < -0.4 is 0 Å². The van der Waals surface area contributed by atoms with Crippen molar-refractivity contribution in [3.05, 3.63) is 5.53 Å². The van der Waals surface area contributed by atoms with Crippen molar-refractivity contribution >= 4 is 5.71 Å². The Kier molecular flexibility index (Phi) is 9.02. The van der Waals surface area contributed by atoms with Gasteiger partial charge in [0, 0.05) is 12.8 Å². The molecular formula is C11H22N2. The summed E-state index contributed by atoms with van der Waals surface area (Å²) in [7, 11) is 0. The highest BCUT2D eigenvalue weighted by Gasteiger charge is 2.06. The first kappa shape index (κ1) is 12.4. The van der Waals surface area contributed by atoms with E-state index in [9.17, 15) is 0 Å².